The smallest absolute Gasteiger partial charge is 0.261 e. The van der Waals surface area contributed by atoms with Gasteiger partial charge in [0.15, 0.2) is 0 Å². The van der Waals surface area contributed by atoms with Gasteiger partial charge in [0, 0.05) is 13.5 Å². The van der Waals surface area contributed by atoms with Gasteiger partial charge >= 0.3 is 0 Å². The van der Waals surface area contributed by atoms with Gasteiger partial charge in [-0.25, -0.2) is 0 Å². The van der Waals surface area contributed by atoms with Gasteiger partial charge in [0.1, 0.15) is 6.29 Å². The molecule has 0 heterocycles. The number of rotatable bonds is 10. The summed E-state index contributed by atoms with van der Waals surface area (Å²) in [5.41, 5.74) is 0. The van der Waals surface area contributed by atoms with Crippen molar-refractivity contribution in [2.45, 2.75) is 51.7 Å². The molecule has 0 saturated heterocycles. The molecule has 0 aliphatic carbocycles. The Hall–Kier alpha value is -1.75. The number of hydrogen-bond acceptors (Lipinski definition) is 3. The van der Waals surface area contributed by atoms with Gasteiger partial charge in [-0.1, -0.05) is 88.4 Å². The van der Waals surface area contributed by atoms with Gasteiger partial charge in [-0.3, -0.25) is 0 Å². The molecule has 0 bridgehead atoms. The van der Waals surface area contributed by atoms with Crippen molar-refractivity contribution in [2.75, 3.05) is 13.7 Å². The number of ether oxygens (including phenoxy) is 1. The Morgan fingerprint density at radius 3 is 1.86 bits per heavy atom. The predicted molar refractivity (Wildman–Crippen MR) is 119 cm³/mol. The van der Waals surface area contributed by atoms with Gasteiger partial charge in [-0.2, -0.15) is 0 Å². The van der Waals surface area contributed by atoms with E-state index in [4.69, 9.17) is 9.16 Å². The van der Waals surface area contributed by atoms with Crippen molar-refractivity contribution in [3.8, 4) is 0 Å². The molecule has 3 nitrogen and oxygen atoms in total. The molecule has 2 atom stereocenters. The molecule has 2 aromatic rings. The summed E-state index contributed by atoms with van der Waals surface area (Å²) in [5.74, 6) is 0.283. The van der Waals surface area contributed by atoms with Crippen molar-refractivity contribution in [1.82, 2.24) is 0 Å². The topological polar surface area (TPSA) is 35.5 Å². The van der Waals surface area contributed by atoms with Gasteiger partial charge in [0.05, 0.1) is 12.7 Å². The standard InChI is InChI=1S/C24H34O3Si/c1-20(16-17-25)18-21(26-5)19-27-28(24(2,3)4,22-12-8-6-9-13-22)23-14-10-7-11-15-23/h6-15,17,20-21H,16,18-19H2,1-5H3/t20-,21-/m1/s1. The summed E-state index contributed by atoms with van der Waals surface area (Å²) in [5, 5.41) is 2.48. The Morgan fingerprint density at radius 1 is 0.964 bits per heavy atom. The van der Waals surface area contributed by atoms with Crippen LogP contribution >= 0.6 is 0 Å². The molecule has 0 saturated carbocycles. The van der Waals surface area contributed by atoms with Crippen LogP contribution in [0, 0.1) is 5.92 Å². The third-order valence-corrected chi connectivity index (χ3v) is 10.4. The molecule has 0 aromatic heterocycles. The Balaban J connectivity index is 2.42. The lowest BCUT2D eigenvalue weighted by molar-refractivity contribution is -0.108. The number of methoxy groups -OCH3 is 1. The SMILES string of the molecule is CO[C@@H](CO[Si](c1ccccc1)(c1ccccc1)C(C)(C)C)C[C@H](C)CC=O. The highest BCUT2D eigenvalue weighted by molar-refractivity contribution is 6.99. The van der Waals surface area contributed by atoms with E-state index in [-0.39, 0.29) is 17.1 Å². The van der Waals surface area contributed by atoms with Crippen molar-refractivity contribution in [3.63, 3.8) is 0 Å². The predicted octanol–water partition coefficient (Wildman–Crippen LogP) is 4.19. The molecule has 4 heteroatoms. The Morgan fingerprint density at radius 2 is 1.46 bits per heavy atom. The van der Waals surface area contributed by atoms with Crippen LogP contribution in [0.2, 0.25) is 5.04 Å². The third kappa shape index (κ3) is 5.19. The van der Waals surface area contributed by atoms with E-state index in [1.54, 1.807) is 7.11 Å². The molecule has 0 spiro atoms. The van der Waals surface area contributed by atoms with E-state index in [0.717, 1.165) is 12.7 Å². The minimum absolute atomic E-state index is 0.0309. The number of carbonyl (C=O) groups is 1. The maximum atomic E-state index is 10.8. The number of carbonyl (C=O) groups excluding carboxylic acids is 1. The summed E-state index contributed by atoms with van der Waals surface area (Å²) in [6, 6.07) is 21.3. The van der Waals surface area contributed by atoms with Crippen LogP contribution in [-0.2, 0) is 14.0 Å². The van der Waals surface area contributed by atoms with E-state index in [2.05, 4.69) is 88.4 Å². The van der Waals surface area contributed by atoms with E-state index in [0.29, 0.717) is 13.0 Å². The van der Waals surface area contributed by atoms with Crippen LogP contribution in [0.4, 0.5) is 0 Å². The van der Waals surface area contributed by atoms with E-state index < -0.39 is 8.32 Å². The van der Waals surface area contributed by atoms with Crippen LogP contribution < -0.4 is 10.4 Å². The quantitative estimate of drug-likeness (QED) is 0.445. The molecule has 0 fully saturated rings. The minimum atomic E-state index is -2.55. The minimum Gasteiger partial charge on any atom is -0.405 e. The van der Waals surface area contributed by atoms with Gasteiger partial charge < -0.3 is 14.0 Å². The molecule has 0 amide bonds. The van der Waals surface area contributed by atoms with Crippen LogP contribution in [0.25, 0.3) is 0 Å². The summed E-state index contributed by atoms with van der Waals surface area (Å²) in [4.78, 5) is 10.8. The zero-order chi connectivity index (χ0) is 20.6. The zero-order valence-electron chi connectivity index (χ0n) is 17.9. The second-order valence-corrected chi connectivity index (χ2v) is 12.9. The second kappa shape index (κ2) is 10.1. The molecule has 0 unspecified atom stereocenters. The highest BCUT2D eigenvalue weighted by atomic mass is 28.4. The van der Waals surface area contributed by atoms with Crippen LogP contribution in [0.15, 0.2) is 60.7 Å². The lowest BCUT2D eigenvalue weighted by Gasteiger charge is -2.43. The van der Waals surface area contributed by atoms with Gasteiger partial charge in [-0.05, 0) is 27.8 Å². The van der Waals surface area contributed by atoms with Crippen molar-refractivity contribution in [3.05, 3.63) is 60.7 Å². The molecule has 0 aliphatic rings. The second-order valence-electron chi connectivity index (χ2n) is 8.58. The summed E-state index contributed by atoms with van der Waals surface area (Å²) < 4.78 is 12.7. The highest BCUT2D eigenvalue weighted by Crippen LogP contribution is 2.37. The maximum absolute atomic E-state index is 10.8. The zero-order valence-corrected chi connectivity index (χ0v) is 18.9. The maximum Gasteiger partial charge on any atom is 0.261 e. The molecule has 0 radical (unpaired) electrons. The first-order valence-corrected chi connectivity index (χ1v) is 12.0. The van der Waals surface area contributed by atoms with Crippen molar-refractivity contribution < 1.29 is 14.0 Å². The van der Waals surface area contributed by atoms with E-state index >= 15 is 0 Å². The molecular formula is C24H34O3Si. The molecule has 0 N–H and O–H groups in total. The summed E-state index contributed by atoms with van der Waals surface area (Å²) in [6.45, 7) is 9.43. The fourth-order valence-electron chi connectivity index (χ4n) is 3.92. The van der Waals surface area contributed by atoms with Crippen LogP contribution in [0.3, 0.4) is 0 Å². The summed E-state index contributed by atoms with van der Waals surface area (Å²) >= 11 is 0. The molecule has 2 rings (SSSR count). The Kier molecular flexibility index (Phi) is 8.17. The van der Waals surface area contributed by atoms with Crippen LogP contribution in [0.1, 0.15) is 40.5 Å². The van der Waals surface area contributed by atoms with Crippen LogP contribution in [0.5, 0.6) is 0 Å². The molecule has 152 valence electrons. The largest absolute Gasteiger partial charge is 0.405 e. The van der Waals surface area contributed by atoms with E-state index in [1.165, 1.54) is 10.4 Å². The van der Waals surface area contributed by atoms with Crippen molar-refractivity contribution in [1.29, 1.82) is 0 Å². The van der Waals surface area contributed by atoms with E-state index in [9.17, 15) is 4.79 Å². The number of benzene rings is 2. The molecule has 2 aromatic carbocycles. The van der Waals surface area contributed by atoms with Crippen molar-refractivity contribution >= 4 is 25.0 Å². The molecular weight excluding hydrogens is 364 g/mol. The third-order valence-electron chi connectivity index (χ3n) is 5.40. The van der Waals surface area contributed by atoms with Crippen molar-refractivity contribution in [2.24, 2.45) is 5.92 Å². The molecule has 0 aliphatic heterocycles. The van der Waals surface area contributed by atoms with Gasteiger partial charge in [-0.15, -0.1) is 0 Å². The number of hydrogen-bond donors (Lipinski definition) is 0. The van der Waals surface area contributed by atoms with Gasteiger partial charge in [0.25, 0.3) is 8.32 Å². The highest BCUT2D eigenvalue weighted by Gasteiger charge is 2.50. The monoisotopic (exact) mass is 398 g/mol. The molecule has 28 heavy (non-hydrogen) atoms. The Labute approximate surface area is 171 Å². The van der Waals surface area contributed by atoms with E-state index in [1.807, 2.05) is 0 Å². The first kappa shape index (κ1) is 22.5. The Bertz CT molecular complexity index is 670. The van der Waals surface area contributed by atoms with Crippen LogP contribution in [-0.4, -0.2) is 34.4 Å². The average Bonchev–Trinajstić information content (AvgIpc) is 2.68. The first-order chi connectivity index (χ1) is 13.3. The average molecular weight is 399 g/mol. The summed E-state index contributed by atoms with van der Waals surface area (Å²) in [6.07, 6.45) is 2.32. The normalized spacial score (nSPS) is 14.5. The summed E-state index contributed by atoms with van der Waals surface area (Å²) in [7, 11) is -0.818. The van der Waals surface area contributed by atoms with Gasteiger partial charge in [0.2, 0.25) is 0 Å². The lowest BCUT2D eigenvalue weighted by Crippen LogP contribution is -2.67. The first-order valence-electron chi connectivity index (χ1n) is 10.1. The lowest BCUT2D eigenvalue weighted by atomic mass is 10.0. The number of aldehydes is 1. The fourth-order valence-corrected chi connectivity index (χ4v) is 8.51. The fraction of sp³-hybridized carbons (Fsp3) is 0.458.